The van der Waals surface area contributed by atoms with Crippen molar-refractivity contribution in [3.8, 4) is 0 Å². The summed E-state index contributed by atoms with van der Waals surface area (Å²) in [4.78, 5) is 23.6. The third kappa shape index (κ3) is 2.75. The Balaban J connectivity index is 1.42. The van der Waals surface area contributed by atoms with Gasteiger partial charge in [0.1, 0.15) is 0 Å². The molecular weight excluding hydrogens is 306 g/mol. The second-order valence-electron chi connectivity index (χ2n) is 7.76. The van der Waals surface area contributed by atoms with Gasteiger partial charge in [-0.3, -0.25) is 4.79 Å². The molecule has 6 heteroatoms. The maximum atomic E-state index is 12.4. The summed E-state index contributed by atoms with van der Waals surface area (Å²) in [5.74, 6) is 0.821. The monoisotopic (exact) mass is 329 g/mol. The van der Waals surface area contributed by atoms with Crippen molar-refractivity contribution in [1.82, 2.24) is 5.32 Å². The Bertz CT molecular complexity index is 674. The van der Waals surface area contributed by atoms with Crippen LogP contribution < -0.4 is 16.4 Å². The van der Waals surface area contributed by atoms with Gasteiger partial charge in [-0.15, -0.1) is 0 Å². The number of carbonyl (C=O) groups excluding carboxylic acids is 2. The number of carbonyl (C=O) groups is 2. The summed E-state index contributed by atoms with van der Waals surface area (Å²) in [5, 5.41) is 16.5. The zero-order chi connectivity index (χ0) is 16.9. The molecule has 5 rings (SSSR count). The van der Waals surface area contributed by atoms with Crippen LogP contribution in [0.3, 0.4) is 0 Å². The molecule has 4 saturated carbocycles. The quantitative estimate of drug-likeness (QED) is 0.680. The second kappa shape index (κ2) is 5.48. The number of urea groups is 1. The molecule has 128 valence electrons. The number of nitrogens with two attached hydrogens (primary N) is 1. The second-order valence-corrected chi connectivity index (χ2v) is 7.76. The van der Waals surface area contributed by atoms with E-state index < -0.39 is 11.5 Å². The molecule has 0 aromatic heterocycles. The van der Waals surface area contributed by atoms with Crippen LogP contribution in [0.4, 0.5) is 10.5 Å². The van der Waals surface area contributed by atoms with Gasteiger partial charge in [0.15, 0.2) is 0 Å². The maximum Gasteiger partial charge on any atom is 0.319 e. The molecule has 4 fully saturated rings. The van der Waals surface area contributed by atoms with Crippen molar-refractivity contribution < 1.29 is 14.7 Å². The first-order valence-corrected chi connectivity index (χ1v) is 8.62. The highest BCUT2D eigenvalue weighted by Gasteiger charge is 2.55. The largest absolute Gasteiger partial charge is 0.390 e. The predicted octanol–water partition coefficient (Wildman–Crippen LogP) is 1.85. The number of benzene rings is 1. The minimum Gasteiger partial charge on any atom is -0.390 e. The molecule has 6 nitrogen and oxygen atoms in total. The summed E-state index contributed by atoms with van der Waals surface area (Å²) in [6.07, 6.45) is 4.71. The Morgan fingerprint density at radius 2 is 1.88 bits per heavy atom. The zero-order valence-electron chi connectivity index (χ0n) is 13.5. The molecular formula is C18H23N3O3. The van der Waals surface area contributed by atoms with Gasteiger partial charge in [0.2, 0.25) is 5.91 Å². The molecule has 0 spiro atoms. The standard InChI is InChI=1S/C18H23N3O3/c19-16(22)11-2-1-3-14(6-11)20-17(23)21-15-12-4-10-5-13(15)9-18(24,7-10)8-12/h1-3,6,10,12-13,15,24H,4-5,7-9H2,(H2,19,22)(H2,20,21,23). The summed E-state index contributed by atoms with van der Waals surface area (Å²) in [6, 6.07) is 6.47. The lowest BCUT2D eigenvalue weighted by atomic mass is 9.52. The van der Waals surface area contributed by atoms with Crippen molar-refractivity contribution in [2.75, 3.05) is 5.32 Å². The minimum atomic E-state index is -0.520. The van der Waals surface area contributed by atoms with Crippen molar-refractivity contribution in [1.29, 1.82) is 0 Å². The lowest BCUT2D eigenvalue weighted by Gasteiger charge is -2.58. The van der Waals surface area contributed by atoms with E-state index >= 15 is 0 Å². The van der Waals surface area contributed by atoms with E-state index in [1.807, 2.05) is 0 Å². The number of rotatable bonds is 3. The van der Waals surface area contributed by atoms with Gasteiger partial charge in [-0.25, -0.2) is 4.79 Å². The molecule has 1 aromatic rings. The fourth-order valence-electron chi connectivity index (χ4n) is 5.29. The van der Waals surface area contributed by atoms with Crippen molar-refractivity contribution in [2.45, 2.75) is 43.7 Å². The molecule has 2 atom stereocenters. The van der Waals surface area contributed by atoms with Crippen molar-refractivity contribution in [2.24, 2.45) is 23.5 Å². The molecule has 4 bridgehead atoms. The third-order valence-corrected chi connectivity index (χ3v) is 5.94. The van der Waals surface area contributed by atoms with Crippen molar-refractivity contribution in [3.63, 3.8) is 0 Å². The van der Waals surface area contributed by atoms with Crippen LogP contribution in [0.1, 0.15) is 42.5 Å². The van der Waals surface area contributed by atoms with E-state index in [4.69, 9.17) is 5.73 Å². The summed E-state index contributed by atoms with van der Waals surface area (Å²) < 4.78 is 0. The molecule has 5 N–H and O–H groups in total. The normalized spacial score (nSPS) is 36.4. The van der Waals surface area contributed by atoms with Gasteiger partial charge < -0.3 is 21.5 Å². The van der Waals surface area contributed by atoms with Crippen LogP contribution in [0.2, 0.25) is 0 Å². The van der Waals surface area contributed by atoms with Crippen LogP contribution in [0.5, 0.6) is 0 Å². The fraction of sp³-hybridized carbons (Fsp3) is 0.556. The third-order valence-electron chi connectivity index (χ3n) is 5.94. The van der Waals surface area contributed by atoms with Crippen LogP contribution in [-0.4, -0.2) is 28.7 Å². The number of primary amides is 1. The Hall–Kier alpha value is -2.08. The molecule has 24 heavy (non-hydrogen) atoms. The van der Waals surface area contributed by atoms with E-state index in [-0.39, 0.29) is 12.1 Å². The highest BCUT2D eigenvalue weighted by atomic mass is 16.3. The average molecular weight is 329 g/mol. The highest BCUT2D eigenvalue weighted by Crippen LogP contribution is 2.55. The molecule has 0 heterocycles. The fourth-order valence-corrected chi connectivity index (χ4v) is 5.29. The van der Waals surface area contributed by atoms with E-state index in [9.17, 15) is 14.7 Å². The van der Waals surface area contributed by atoms with E-state index in [0.29, 0.717) is 29.0 Å². The van der Waals surface area contributed by atoms with Gasteiger partial charge in [0.25, 0.3) is 0 Å². The summed E-state index contributed by atoms with van der Waals surface area (Å²) in [6.45, 7) is 0. The zero-order valence-corrected chi connectivity index (χ0v) is 13.5. The van der Waals surface area contributed by atoms with E-state index in [0.717, 1.165) is 32.1 Å². The molecule has 4 aliphatic rings. The Labute approximate surface area is 140 Å². The lowest BCUT2D eigenvalue weighted by Crippen LogP contribution is -2.62. The van der Waals surface area contributed by atoms with E-state index in [1.165, 1.54) is 0 Å². The van der Waals surface area contributed by atoms with Crippen LogP contribution in [0.25, 0.3) is 0 Å². The molecule has 4 aliphatic carbocycles. The molecule has 3 amide bonds. The van der Waals surface area contributed by atoms with E-state index in [1.54, 1.807) is 24.3 Å². The number of hydrogen-bond donors (Lipinski definition) is 4. The Kier molecular flexibility index (Phi) is 3.53. The lowest BCUT2D eigenvalue weighted by molar-refractivity contribution is -0.136. The predicted molar refractivity (Wildman–Crippen MR) is 89.4 cm³/mol. The van der Waals surface area contributed by atoms with Gasteiger partial charge in [0, 0.05) is 17.3 Å². The Morgan fingerprint density at radius 1 is 1.17 bits per heavy atom. The van der Waals surface area contributed by atoms with Crippen LogP contribution in [-0.2, 0) is 0 Å². The van der Waals surface area contributed by atoms with Gasteiger partial charge in [-0.2, -0.15) is 0 Å². The number of hydrogen-bond acceptors (Lipinski definition) is 3. The molecule has 0 radical (unpaired) electrons. The number of amides is 3. The number of aliphatic hydroxyl groups is 1. The molecule has 2 unspecified atom stereocenters. The van der Waals surface area contributed by atoms with Gasteiger partial charge in [-0.05, 0) is 68.1 Å². The first kappa shape index (κ1) is 15.4. The topological polar surface area (TPSA) is 104 Å². The smallest absolute Gasteiger partial charge is 0.319 e. The van der Waals surface area contributed by atoms with Gasteiger partial charge in [-0.1, -0.05) is 6.07 Å². The summed E-state index contributed by atoms with van der Waals surface area (Å²) in [7, 11) is 0. The SMILES string of the molecule is NC(=O)c1cccc(NC(=O)NC2C3CC4CC2CC(O)(C4)C3)c1. The highest BCUT2D eigenvalue weighted by molar-refractivity contribution is 5.95. The number of nitrogens with one attached hydrogen (secondary N) is 2. The van der Waals surface area contributed by atoms with Crippen LogP contribution >= 0.6 is 0 Å². The van der Waals surface area contributed by atoms with Gasteiger partial charge in [0.05, 0.1) is 5.60 Å². The Morgan fingerprint density at radius 3 is 2.50 bits per heavy atom. The summed E-state index contributed by atoms with van der Waals surface area (Å²) >= 11 is 0. The van der Waals surface area contributed by atoms with Gasteiger partial charge >= 0.3 is 6.03 Å². The van der Waals surface area contributed by atoms with Crippen LogP contribution in [0.15, 0.2) is 24.3 Å². The first-order valence-electron chi connectivity index (χ1n) is 8.62. The number of anilines is 1. The minimum absolute atomic E-state index is 0.126. The average Bonchev–Trinajstić information content (AvgIpc) is 2.49. The molecule has 1 aromatic carbocycles. The van der Waals surface area contributed by atoms with E-state index in [2.05, 4.69) is 10.6 Å². The molecule has 0 saturated heterocycles. The maximum absolute atomic E-state index is 12.4. The van der Waals surface area contributed by atoms with Crippen molar-refractivity contribution in [3.05, 3.63) is 29.8 Å². The van der Waals surface area contributed by atoms with Crippen LogP contribution in [0, 0.1) is 17.8 Å². The first-order chi connectivity index (χ1) is 11.4. The van der Waals surface area contributed by atoms with Crippen molar-refractivity contribution >= 4 is 17.6 Å². The summed E-state index contributed by atoms with van der Waals surface area (Å²) in [5.41, 5.74) is 5.68. The molecule has 0 aliphatic heterocycles.